The van der Waals surface area contributed by atoms with Gasteiger partial charge in [0.25, 0.3) is 0 Å². The standard InChI is InChI=1S/C12H18BrN3/c1-15(2)12(16(3)4)14-9-10-7-5-6-8-11(10)13/h5-8H,9H2,1-4H3. The highest BCUT2D eigenvalue weighted by Crippen LogP contribution is 2.16. The van der Waals surface area contributed by atoms with E-state index in [2.05, 4.69) is 27.0 Å². The summed E-state index contributed by atoms with van der Waals surface area (Å²) >= 11 is 3.52. The van der Waals surface area contributed by atoms with Crippen molar-refractivity contribution in [3.8, 4) is 0 Å². The van der Waals surface area contributed by atoms with E-state index >= 15 is 0 Å². The first-order chi connectivity index (χ1) is 7.52. The van der Waals surface area contributed by atoms with Crippen LogP contribution in [0.5, 0.6) is 0 Å². The van der Waals surface area contributed by atoms with Gasteiger partial charge in [0.1, 0.15) is 0 Å². The average molecular weight is 284 g/mol. The lowest BCUT2D eigenvalue weighted by molar-refractivity contribution is 0.479. The largest absolute Gasteiger partial charge is 0.349 e. The van der Waals surface area contributed by atoms with Crippen LogP contribution in [-0.2, 0) is 6.54 Å². The Balaban J connectivity index is 2.82. The van der Waals surface area contributed by atoms with Crippen molar-refractivity contribution in [1.29, 1.82) is 0 Å². The van der Waals surface area contributed by atoms with Crippen molar-refractivity contribution >= 4 is 21.9 Å². The normalized spacial score (nSPS) is 9.81. The summed E-state index contributed by atoms with van der Waals surface area (Å²) in [5, 5.41) is 0. The number of hydrogen-bond acceptors (Lipinski definition) is 1. The predicted molar refractivity (Wildman–Crippen MR) is 72.7 cm³/mol. The lowest BCUT2D eigenvalue weighted by atomic mass is 10.2. The van der Waals surface area contributed by atoms with Crippen LogP contribution in [0, 0.1) is 0 Å². The van der Waals surface area contributed by atoms with Crippen LogP contribution in [0.1, 0.15) is 5.56 Å². The van der Waals surface area contributed by atoms with E-state index in [1.807, 2.05) is 56.2 Å². The number of benzene rings is 1. The fourth-order valence-electron chi connectivity index (χ4n) is 1.47. The van der Waals surface area contributed by atoms with Crippen molar-refractivity contribution in [3.05, 3.63) is 34.3 Å². The minimum absolute atomic E-state index is 0.688. The maximum atomic E-state index is 4.59. The maximum Gasteiger partial charge on any atom is 0.195 e. The van der Waals surface area contributed by atoms with Gasteiger partial charge >= 0.3 is 0 Å². The van der Waals surface area contributed by atoms with Crippen LogP contribution in [0.15, 0.2) is 33.7 Å². The molecule has 16 heavy (non-hydrogen) atoms. The Morgan fingerprint density at radius 1 is 1.12 bits per heavy atom. The van der Waals surface area contributed by atoms with E-state index in [0.29, 0.717) is 6.54 Å². The zero-order chi connectivity index (χ0) is 12.1. The van der Waals surface area contributed by atoms with Crippen molar-refractivity contribution < 1.29 is 0 Å². The molecule has 4 heteroatoms. The summed E-state index contributed by atoms with van der Waals surface area (Å²) in [5.74, 6) is 0.968. The zero-order valence-corrected chi connectivity index (χ0v) is 11.8. The lowest BCUT2D eigenvalue weighted by Gasteiger charge is -2.22. The van der Waals surface area contributed by atoms with Crippen LogP contribution >= 0.6 is 15.9 Å². The molecule has 0 radical (unpaired) electrons. The number of hydrogen-bond donors (Lipinski definition) is 0. The Kier molecular flexibility index (Phi) is 4.80. The molecule has 0 spiro atoms. The molecule has 1 aromatic rings. The Hall–Kier alpha value is -1.03. The number of halogens is 1. The third-order valence-corrected chi connectivity index (χ3v) is 2.92. The average Bonchev–Trinajstić information content (AvgIpc) is 2.20. The zero-order valence-electron chi connectivity index (χ0n) is 10.2. The molecule has 0 unspecified atom stereocenters. The molecule has 0 saturated carbocycles. The number of nitrogens with zero attached hydrogens (tertiary/aromatic N) is 3. The molecule has 0 saturated heterocycles. The minimum atomic E-state index is 0.688. The second-order valence-corrected chi connectivity index (χ2v) is 4.85. The van der Waals surface area contributed by atoms with E-state index < -0.39 is 0 Å². The maximum absolute atomic E-state index is 4.59. The monoisotopic (exact) mass is 283 g/mol. The molecule has 0 aliphatic rings. The van der Waals surface area contributed by atoms with Gasteiger partial charge in [-0.15, -0.1) is 0 Å². The van der Waals surface area contributed by atoms with Gasteiger partial charge in [-0.2, -0.15) is 0 Å². The summed E-state index contributed by atoms with van der Waals surface area (Å²) in [6, 6.07) is 8.16. The summed E-state index contributed by atoms with van der Waals surface area (Å²) in [4.78, 5) is 8.61. The fourth-order valence-corrected chi connectivity index (χ4v) is 1.88. The molecule has 1 rings (SSSR count). The number of aliphatic imine (C=N–C) groups is 1. The highest BCUT2D eigenvalue weighted by atomic mass is 79.9. The smallest absolute Gasteiger partial charge is 0.195 e. The van der Waals surface area contributed by atoms with Gasteiger partial charge in [0.15, 0.2) is 5.96 Å². The fraction of sp³-hybridized carbons (Fsp3) is 0.417. The van der Waals surface area contributed by atoms with Crippen molar-refractivity contribution in [3.63, 3.8) is 0 Å². The molecular formula is C12H18BrN3. The van der Waals surface area contributed by atoms with Gasteiger partial charge < -0.3 is 9.80 Å². The Labute approximate surface area is 106 Å². The molecule has 3 nitrogen and oxygen atoms in total. The summed E-state index contributed by atoms with van der Waals surface area (Å²) in [6.45, 7) is 0.688. The lowest BCUT2D eigenvalue weighted by Crippen LogP contribution is -2.35. The van der Waals surface area contributed by atoms with Gasteiger partial charge in [-0.3, -0.25) is 0 Å². The van der Waals surface area contributed by atoms with Crippen LogP contribution in [-0.4, -0.2) is 44.0 Å². The first-order valence-electron chi connectivity index (χ1n) is 5.15. The highest BCUT2D eigenvalue weighted by molar-refractivity contribution is 9.10. The molecule has 0 aliphatic heterocycles. The van der Waals surface area contributed by atoms with Crippen molar-refractivity contribution in [1.82, 2.24) is 9.80 Å². The third-order valence-electron chi connectivity index (χ3n) is 2.15. The Morgan fingerprint density at radius 2 is 1.69 bits per heavy atom. The van der Waals surface area contributed by atoms with Crippen molar-refractivity contribution in [2.75, 3.05) is 28.2 Å². The second kappa shape index (κ2) is 5.89. The topological polar surface area (TPSA) is 18.8 Å². The van der Waals surface area contributed by atoms with Crippen molar-refractivity contribution in [2.24, 2.45) is 4.99 Å². The highest BCUT2D eigenvalue weighted by Gasteiger charge is 2.04. The first-order valence-corrected chi connectivity index (χ1v) is 5.94. The SMILES string of the molecule is CN(C)C(=NCc1ccccc1Br)N(C)C. The van der Waals surface area contributed by atoms with Gasteiger partial charge in [0.2, 0.25) is 0 Å². The quantitative estimate of drug-likeness (QED) is 0.613. The molecule has 88 valence electrons. The van der Waals surface area contributed by atoms with E-state index in [4.69, 9.17) is 0 Å². The third kappa shape index (κ3) is 3.52. The predicted octanol–water partition coefficient (Wildman–Crippen LogP) is 2.43. The molecule has 0 N–H and O–H groups in total. The van der Waals surface area contributed by atoms with E-state index in [1.54, 1.807) is 0 Å². The van der Waals surface area contributed by atoms with Gasteiger partial charge in [-0.05, 0) is 11.6 Å². The molecule has 0 atom stereocenters. The molecule has 0 bridgehead atoms. The van der Waals surface area contributed by atoms with Gasteiger partial charge in [-0.1, -0.05) is 34.1 Å². The number of guanidine groups is 1. The summed E-state index contributed by atoms with van der Waals surface area (Å²) in [6.07, 6.45) is 0. The van der Waals surface area contributed by atoms with E-state index in [-0.39, 0.29) is 0 Å². The van der Waals surface area contributed by atoms with E-state index in [9.17, 15) is 0 Å². The van der Waals surface area contributed by atoms with Crippen molar-refractivity contribution in [2.45, 2.75) is 6.54 Å². The summed E-state index contributed by atoms with van der Waals surface area (Å²) in [7, 11) is 8.00. The summed E-state index contributed by atoms with van der Waals surface area (Å²) < 4.78 is 1.11. The van der Waals surface area contributed by atoms with Gasteiger partial charge in [0.05, 0.1) is 6.54 Å². The first kappa shape index (κ1) is 13.0. The Bertz CT molecular complexity index is 362. The number of rotatable bonds is 2. The molecule has 0 aliphatic carbocycles. The van der Waals surface area contributed by atoms with Crippen LogP contribution < -0.4 is 0 Å². The van der Waals surface area contributed by atoms with Gasteiger partial charge in [0, 0.05) is 32.7 Å². The van der Waals surface area contributed by atoms with Crippen LogP contribution in [0.25, 0.3) is 0 Å². The molecule has 0 heterocycles. The van der Waals surface area contributed by atoms with E-state index in [1.165, 1.54) is 5.56 Å². The van der Waals surface area contributed by atoms with E-state index in [0.717, 1.165) is 10.4 Å². The Morgan fingerprint density at radius 3 is 2.19 bits per heavy atom. The van der Waals surface area contributed by atoms with Crippen LogP contribution in [0.3, 0.4) is 0 Å². The molecule has 0 fully saturated rings. The molecule has 0 amide bonds. The molecule has 1 aromatic carbocycles. The van der Waals surface area contributed by atoms with Crippen LogP contribution in [0.4, 0.5) is 0 Å². The second-order valence-electron chi connectivity index (χ2n) is 4.00. The van der Waals surface area contributed by atoms with Crippen LogP contribution in [0.2, 0.25) is 0 Å². The molecular weight excluding hydrogens is 266 g/mol. The molecule has 0 aromatic heterocycles. The summed E-state index contributed by atoms with van der Waals surface area (Å²) in [5.41, 5.74) is 1.20. The van der Waals surface area contributed by atoms with Gasteiger partial charge in [-0.25, -0.2) is 4.99 Å². The minimum Gasteiger partial charge on any atom is -0.349 e.